The number of aromatic nitrogens is 2. The number of hydrogen-bond acceptors (Lipinski definition) is 4. The van der Waals surface area contributed by atoms with Crippen LogP contribution in [-0.4, -0.2) is 63.0 Å². The molecule has 1 atom stereocenters. The lowest BCUT2D eigenvalue weighted by Gasteiger charge is -2.31. The van der Waals surface area contributed by atoms with Gasteiger partial charge < -0.3 is 14.4 Å². The zero-order valence-corrected chi connectivity index (χ0v) is 16.9. The molecule has 0 spiro atoms. The molecule has 1 amide bonds. The molecule has 6 nitrogen and oxygen atoms in total. The van der Waals surface area contributed by atoms with Gasteiger partial charge in [0.05, 0.1) is 5.69 Å². The fraction of sp³-hybridized carbons (Fsp3) is 0.636. The van der Waals surface area contributed by atoms with Crippen molar-refractivity contribution in [3.05, 3.63) is 35.3 Å². The predicted octanol–water partition coefficient (Wildman–Crippen LogP) is 2.86. The predicted molar refractivity (Wildman–Crippen MR) is 109 cm³/mol. The Morgan fingerprint density at radius 3 is 2.71 bits per heavy atom. The van der Waals surface area contributed by atoms with Gasteiger partial charge in [-0.25, -0.2) is 4.98 Å². The van der Waals surface area contributed by atoms with Gasteiger partial charge in [-0.1, -0.05) is 12.8 Å². The van der Waals surface area contributed by atoms with Crippen LogP contribution in [0.15, 0.2) is 18.3 Å². The third kappa shape index (κ3) is 4.08. The van der Waals surface area contributed by atoms with Crippen molar-refractivity contribution in [1.29, 1.82) is 0 Å². The summed E-state index contributed by atoms with van der Waals surface area (Å²) < 4.78 is 2.08. The molecule has 6 heteroatoms. The number of carbonyl (C=O) groups excluding carboxylic acids is 1. The van der Waals surface area contributed by atoms with Crippen molar-refractivity contribution in [1.82, 2.24) is 19.2 Å². The van der Waals surface area contributed by atoms with E-state index >= 15 is 0 Å². The van der Waals surface area contributed by atoms with Crippen LogP contribution < -0.4 is 0 Å². The number of nitrogens with zero attached hydrogens (tertiary/aromatic N) is 4. The van der Waals surface area contributed by atoms with E-state index in [1.807, 2.05) is 11.1 Å². The van der Waals surface area contributed by atoms with E-state index in [0.29, 0.717) is 18.2 Å². The third-order valence-corrected chi connectivity index (χ3v) is 6.21. The molecular weight excluding hydrogens is 352 g/mol. The highest BCUT2D eigenvalue weighted by atomic mass is 16.3. The number of imidazole rings is 1. The van der Waals surface area contributed by atoms with Crippen LogP contribution in [0, 0.1) is 12.8 Å². The molecule has 2 aliphatic rings. The van der Waals surface area contributed by atoms with Crippen molar-refractivity contribution in [2.75, 3.05) is 32.8 Å². The van der Waals surface area contributed by atoms with E-state index in [9.17, 15) is 9.90 Å². The molecule has 4 heterocycles. The first-order valence-electron chi connectivity index (χ1n) is 10.8. The monoisotopic (exact) mass is 384 g/mol. The van der Waals surface area contributed by atoms with Crippen LogP contribution in [0.2, 0.25) is 0 Å². The lowest BCUT2D eigenvalue weighted by atomic mass is 9.99. The number of pyridine rings is 1. The molecule has 0 radical (unpaired) electrons. The Kier molecular flexibility index (Phi) is 5.97. The number of amides is 1. The highest BCUT2D eigenvalue weighted by molar-refractivity contribution is 5.94. The largest absolute Gasteiger partial charge is 0.396 e. The molecule has 2 aromatic heterocycles. The molecule has 1 N–H and O–H groups in total. The Morgan fingerprint density at radius 1 is 1.18 bits per heavy atom. The van der Waals surface area contributed by atoms with E-state index in [1.165, 1.54) is 12.8 Å². The SMILES string of the molecule is Cc1ccn2c(CN3CCCC(CO)C3)c(C(=O)N3CCCCCC3)nc2c1. The molecule has 2 fully saturated rings. The van der Waals surface area contributed by atoms with Crippen molar-refractivity contribution in [2.24, 2.45) is 5.92 Å². The van der Waals surface area contributed by atoms with Gasteiger partial charge in [0.1, 0.15) is 5.65 Å². The van der Waals surface area contributed by atoms with Crippen LogP contribution in [0.5, 0.6) is 0 Å². The van der Waals surface area contributed by atoms with Crippen molar-refractivity contribution < 1.29 is 9.90 Å². The van der Waals surface area contributed by atoms with Crippen LogP contribution in [0.3, 0.4) is 0 Å². The van der Waals surface area contributed by atoms with Gasteiger partial charge in [-0.05, 0) is 62.8 Å². The first-order valence-corrected chi connectivity index (χ1v) is 10.8. The fourth-order valence-corrected chi connectivity index (χ4v) is 4.60. The van der Waals surface area contributed by atoms with Gasteiger partial charge >= 0.3 is 0 Å². The average molecular weight is 385 g/mol. The van der Waals surface area contributed by atoms with Gasteiger partial charge in [0.2, 0.25) is 0 Å². The molecule has 0 bridgehead atoms. The number of fused-ring (bicyclic) bond motifs is 1. The summed E-state index contributed by atoms with van der Waals surface area (Å²) in [5.41, 5.74) is 3.60. The number of hydrogen-bond donors (Lipinski definition) is 1. The summed E-state index contributed by atoms with van der Waals surface area (Å²) in [7, 11) is 0. The van der Waals surface area contributed by atoms with Crippen LogP contribution in [0.1, 0.15) is 60.3 Å². The van der Waals surface area contributed by atoms with Gasteiger partial charge in [0.15, 0.2) is 5.69 Å². The van der Waals surface area contributed by atoms with Crippen LogP contribution >= 0.6 is 0 Å². The Balaban J connectivity index is 1.66. The van der Waals surface area contributed by atoms with Gasteiger partial charge in [0, 0.05) is 39.0 Å². The van der Waals surface area contributed by atoms with E-state index in [4.69, 9.17) is 4.98 Å². The number of rotatable bonds is 4. The topological polar surface area (TPSA) is 61.1 Å². The third-order valence-electron chi connectivity index (χ3n) is 6.21. The molecule has 0 saturated carbocycles. The first kappa shape index (κ1) is 19.4. The second kappa shape index (κ2) is 8.62. The Hall–Kier alpha value is -1.92. The maximum Gasteiger partial charge on any atom is 0.274 e. The molecule has 2 aromatic rings. The maximum absolute atomic E-state index is 13.4. The number of piperidine rings is 1. The van der Waals surface area contributed by atoms with Gasteiger partial charge in [-0.2, -0.15) is 0 Å². The van der Waals surface area contributed by atoms with Crippen molar-refractivity contribution >= 4 is 11.6 Å². The van der Waals surface area contributed by atoms with Crippen molar-refractivity contribution in [3.63, 3.8) is 0 Å². The van der Waals surface area contributed by atoms with E-state index in [2.05, 4.69) is 28.4 Å². The smallest absolute Gasteiger partial charge is 0.274 e. The van der Waals surface area contributed by atoms with E-state index < -0.39 is 0 Å². The standard InChI is InChI=1S/C22H32N4O2/c1-17-8-12-26-19(15-24-9-6-7-18(14-24)16-27)21(23-20(26)13-17)22(28)25-10-4-2-3-5-11-25/h8,12-13,18,27H,2-7,9-11,14-16H2,1H3. The van der Waals surface area contributed by atoms with Gasteiger partial charge in [-0.15, -0.1) is 0 Å². The molecule has 152 valence electrons. The van der Waals surface area contributed by atoms with Gasteiger partial charge in [0.25, 0.3) is 5.91 Å². The van der Waals surface area contributed by atoms with Crippen molar-refractivity contribution in [2.45, 2.75) is 52.0 Å². The highest BCUT2D eigenvalue weighted by Crippen LogP contribution is 2.23. The van der Waals surface area contributed by atoms with Crippen molar-refractivity contribution in [3.8, 4) is 0 Å². The number of aliphatic hydroxyl groups is 1. The number of aryl methyl sites for hydroxylation is 1. The normalized spacial score (nSPS) is 21.8. The zero-order valence-electron chi connectivity index (χ0n) is 16.9. The molecule has 0 aromatic carbocycles. The summed E-state index contributed by atoms with van der Waals surface area (Å²) in [6.45, 7) is 6.56. The fourth-order valence-electron chi connectivity index (χ4n) is 4.60. The second-order valence-corrected chi connectivity index (χ2v) is 8.47. The zero-order chi connectivity index (χ0) is 19.5. The number of carbonyl (C=O) groups is 1. The summed E-state index contributed by atoms with van der Waals surface area (Å²) in [4.78, 5) is 22.5. The maximum atomic E-state index is 13.4. The number of aliphatic hydroxyl groups excluding tert-OH is 1. The summed E-state index contributed by atoms with van der Waals surface area (Å²) in [6, 6.07) is 4.13. The molecule has 4 rings (SSSR count). The molecule has 2 aliphatic heterocycles. The number of likely N-dealkylation sites (tertiary alicyclic amines) is 2. The summed E-state index contributed by atoms with van der Waals surface area (Å²) in [5, 5.41) is 9.57. The minimum Gasteiger partial charge on any atom is -0.396 e. The minimum absolute atomic E-state index is 0.0778. The van der Waals surface area contributed by atoms with Crippen LogP contribution in [-0.2, 0) is 6.54 Å². The van der Waals surface area contributed by atoms with Crippen LogP contribution in [0.4, 0.5) is 0 Å². The second-order valence-electron chi connectivity index (χ2n) is 8.47. The summed E-state index contributed by atoms with van der Waals surface area (Å²) in [5.74, 6) is 0.411. The molecule has 2 saturated heterocycles. The lowest BCUT2D eigenvalue weighted by molar-refractivity contribution is 0.0751. The van der Waals surface area contributed by atoms with Gasteiger partial charge in [-0.3, -0.25) is 9.69 Å². The Morgan fingerprint density at radius 2 is 1.96 bits per heavy atom. The summed E-state index contributed by atoms with van der Waals surface area (Å²) in [6.07, 6.45) is 8.79. The Labute approximate surface area is 167 Å². The lowest BCUT2D eigenvalue weighted by Crippen LogP contribution is -2.38. The van der Waals surface area contributed by atoms with Crippen LogP contribution in [0.25, 0.3) is 5.65 Å². The van der Waals surface area contributed by atoms with E-state index in [0.717, 1.165) is 68.8 Å². The summed E-state index contributed by atoms with van der Waals surface area (Å²) >= 11 is 0. The van der Waals surface area contributed by atoms with E-state index in [-0.39, 0.29) is 12.5 Å². The van der Waals surface area contributed by atoms with E-state index in [1.54, 1.807) is 0 Å². The highest BCUT2D eigenvalue weighted by Gasteiger charge is 2.27. The average Bonchev–Trinajstić information content (AvgIpc) is 2.88. The molecule has 1 unspecified atom stereocenters. The quantitative estimate of drug-likeness (QED) is 0.881. The first-order chi connectivity index (χ1) is 13.7. The molecule has 28 heavy (non-hydrogen) atoms. The molecule has 0 aliphatic carbocycles. The molecular formula is C22H32N4O2. The Bertz CT molecular complexity index is 823. The minimum atomic E-state index is 0.0778.